The first-order valence-electron chi connectivity index (χ1n) is 9.58. The zero-order valence-corrected chi connectivity index (χ0v) is 16.2. The van der Waals surface area contributed by atoms with Gasteiger partial charge in [0.15, 0.2) is 0 Å². The molecule has 0 bridgehead atoms. The van der Waals surface area contributed by atoms with Gasteiger partial charge in [-0.15, -0.1) is 0 Å². The standard InChI is InChI=1S/C21H25N5O/c1-13-14(2)23-19-11-15(9-10-18(19)22-13)21(27)26(3)12-20-16-7-5-4-6-8-17(16)24-25-20/h9-11H,4-8,12H2,1-3H3,(H,24,25). The molecule has 1 amide bonds. The van der Waals surface area contributed by atoms with E-state index in [9.17, 15) is 4.79 Å². The highest BCUT2D eigenvalue weighted by molar-refractivity contribution is 5.97. The molecule has 0 fully saturated rings. The quantitative estimate of drug-likeness (QED) is 0.723. The molecule has 140 valence electrons. The summed E-state index contributed by atoms with van der Waals surface area (Å²) in [6.07, 6.45) is 5.77. The minimum Gasteiger partial charge on any atom is -0.336 e. The lowest BCUT2D eigenvalue weighted by molar-refractivity contribution is 0.0783. The van der Waals surface area contributed by atoms with Gasteiger partial charge in [0.25, 0.3) is 5.91 Å². The number of H-pyrrole nitrogens is 1. The zero-order chi connectivity index (χ0) is 19.0. The Hall–Kier alpha value is -2.76. The van der Waals surface area contributed by atoms with Crippen LogP contribution >= 0.6 is 0 Å². The summed E-state index contributed by atoms with van der Waals surface area (Å²) in [7, 11) is 1.83. The van der Waals surface area contributed by atoms with Gasteiger partial charge in [0.2, 0.25) is 0 Å². The molecule has 1 aromatic carbocycles. The lowest BCUT2D eigenvalue weighted by Crippen LogP contribution is -2.27. The van der Waals surface area contributed by atoms with Gasteiger partial charge in [0.05, 0.1) is 34.7 Å². The van der Waals surface area contributed by atoms with Crippen molar-refractivity contribution >= 4 is 16.9 Å². The van der Waals surface area contributed by atoms with Crippen molar-refractivity contribution in [1.29, 1.82) is 0 Å². The molecule has 4 rings (SSSR count). The Morgan fingerprint density at radius 1 is 1.07 bits per heavy atom. The fourth-order valence-corrected chi connectivity index (χ4v) is 3.74. The molecule has 1 aliphatic rings. The van der Waals surface area contributed by atoms with Crippen LogP contribution in [0.1, 0.15) is 58.0 Å². The van der Waals surface area contributed by atoms with Gasteiger partial charge in [-0.05, 0) is 63.3 Å². The number of nitrogens with one attached hydrogen (secondary N) is 1. The summed E-state index contributed by atoms with van der Waals surface area (Å²) < 4.78 is 0. The molecule has 0 spiro atoms. The van der Waals surface area contributed by atoms with Crippen molar-refractivity contribution in [1.82, 2.24) is 25.1 Å². The third kappa shape index (κ3) is 3.44. The Morgan fingerprint density at radius 3 is 2.63 bits per heavy atom. The summed E-state index contributed by atoms with van der Waals surface area (Å²) in [5.41, 5.74) is 7.55. The molecular formula is C21H25N5O. The van der Waals surface area contributed by atoms with Crippen LogP contribution in [0.25, 0.3) is 11.0 Å². The monoisotopic (exact) mass is 363 g/mol. The van der Waals surface area contributed by atoms with E-state index < -0.39 is 0 Å². The minimum atomic E-state index is -0.0256. The number of benzene rings is 1. The van der Waals surface area contributed by atoms with Crippen molar-refractivity contribution in [3.63, 3.8) is 0 Å². The van der Waals surface area contributed by atoms with E-state index in [1.165, 1.54) is 30.5 Å². The molecule has 0 saturated heterocycles. The SMILES string of the molecule is Cc1nc2ccc(C(=O)N(C)Cc3n[nH]c4c3CCCCC4)cc2nc1C. The van der Waals surface area contributed by atoms with E-state index >= 15 is 0 Å². The van der Waals surface area contributed by atoms with Crippen LogP contribution in [0.15, 0.2) is 18.2 Å². The zero-order valence-electron chi connectivity index (χ0n) is 16.2. The molecular weight excluding hydrogens is 338 g/mol. The Bertz CT molecular complexity index is 1010. The van der Waals surface area contributed by atoms with Crippen LogP contribution in [0.3, 0.4) is 0 Å². The number of fused-ring (bicyclic) bond motifs is 2. The number of carbonyl (C=O) groups is 1. The van der Waals surface area contributed by atoms with E-state index in [-0.39, 0.29) is 5.91 Å². The van der Waals surface area contributed by atoms with Crippen molar-refractivity contribution in [2.45, 2.75) is 52.5 Å². The van der Waals surface area contributed by atoms with E-state index in [1.807, 2.05) is 39.1 Å². The molecule has 0 atom stereocenters. The van der Waals surface area contributed by atoms with Gasteiger partial charge in [-0.2, -0.15) is 5.10 Å². The van der Waals surface area contributed by atoms with Gasteiger partial charge < -0.3 is 4.90 Å². The fourth-order valence-electron chi connectivity index (χ4n) is 3.74. The van der Waals surface area contributed by atoms with E-state index in [4.69, 9.17) is 0 Å². The lowest BCUT2D eigenvalue weighted by Gasteiger charge is -2.17. The number of hydrogen-bond donors (Lipinski definition) is 1. The highest BCUT2D eigenvalue weighted by atomic mass is 16.2. The molecule has 2 aromatic heterocycles. The summed E-state index contributed by atoms with van der Waals surface area (Å²) in [6.45, 7) is 4.40. The van der Waals surface area contributed by atoms with Gasteiger partial charge in [-0.25, -0.2) is 9.97 Å². The van der Waals surface area contributed by atoms with E-state index in [0.29, 0.717) is 12.1 Å². The Labute approximate surface area is 159 Å². The average molecular weight is 363 g/mol. The van der Waals surface area contributed by atoms with Crippen LogP contribution in [0.5, 0.6) is 0 Å². The van der Waals surface area contributed by atoms with E-state index in [1.54, 1.807) is 4.90 Å². The third-order valence-corrected chi connectivity index (χ3v) is 5.45. The van der Waals surface area contributed by atoms with Gasteiger partial charge in [-0.3, -0.25) is 9.89 Å². The summed E-state index contributed by atoms with van der Waals surface area (Å²) in [5.74, 6) is -0.0256. The predicted octanol–water partition coefficient (Wildman–Crippen LogP) is 3.51. The average Bonchev–Trinajstić information content (AvgIpc) is 2.88. The Balaban J connectivity index is 1.56. The maximum Gasteiger partial charge on any atom is 0.254 e. The highest BCUT2D eigenvalue weighted by Crippen LogP contribution is 2.23. The number of aromatic amines is 1. The first kappa shape index (κ1) is 17.6. The number of amides is 1. The number of nitrogens with zero attached hydrogens (tertiary/aromatic N) is 4. The van der Waals surface area contributed by atoms with Gasteiger partial charge in [0, 0.05) is 18.3 Å². The normalized spacial score (nSPS) is 14.0. The van der Waals surface area contributed by atoms with Crippen molar-refractivity contribution in [2.75, 3.05) is 7.05 Å². The smallest absolute Gasteiger partial charge is 0.254 e. The van der Waals surface area contributed by atoms with Crippen molar-refractivity contribution in [2.24, 2.45) is 0 Å². The van der Waals surface area contributed by atoms with Crippen LogP contribution < -0.4 is 0 Å². The van der Waals surface area contributed by atoms with Crippen LogP contribution in [0.2, 0.25) is 0 Å². The highest BCUT2D eigenvalue weighted by Gasteiger charge is 2.20. The molecule has 1 N–H and O–H groups in total. The molecule has 1 aliphatic carbocycles. The number of carbonyl (C=O) groups excluding carboxylic acids is 1. The minimum absolute atomic E-state index is 0.0256. The van der Waals surface area contributed by atoms with Crippen LogP contribution in [-0.4, -0.2) is 38.0 Å². The van der Waals surface area contributed by atoms with Gasteiger partial charge >= 0.3 is 0 Å². The second-order valence-corrected chi connectivity index (χ2v) is 7.45. The molecule has 6 heteroatoms. The second kappa shape index (κ2) is 7.10. The van der Waals surface area contributed by atoms with Gasteiger partial charge in [-0.1, -0.05) is 6.42 Å². The molecule has 27 heavy (non-hydrogen) atoms. The van der Waals surface area contributed by atoms with Gasteiger partial charge in [0.1, 0.15) is 0 Å². The topological polar surface area (TPSA) is 74.8 Å². The Morgan fingerprint density at radius 2 is 1.81 bits per heavy atom. The summed E-state index contributed by atoms with van der Waals surface area (Å²) in [5, 5.41) is 7.67. The molecule has 2 heterocycles. The number of hydrogen-bond acceptors (Lipinski definition) is 4. The first-order valence-corrected chi connectivity index (χ1v) is 9.58. The summed E-state index contributed by atoms with van der Waals surface area (Å²) in [6, 6.07) is 5.53. The first-order chi connectivity index (χ1) is 13.0. The molecule has 3 aromatic rings. The molecule has 0 unspecified atom stereocenters. The Kier molecular flexibility index (Phi) is 4.64. The van der Waals surface area contributed by atoms with Crippen molar-refractivity contribution < 1.29 is 4.79 Å². The largest absolute Gasteiger partial charge is 0.336 e. The predicted molar refractivity (Wildman–Crippen MR) is 105 cm³/mol. The van der Waals surface area contributed by atoms with Crippen molar-refractivity contribution in [3.05, 3.63) is 52.1 Å². The number of rotatable bonds is 3. The van der Waals surface area contributed by atoms with Crippen LogP contribution in [-0.2, 0) is 19.4 Å². The number of aryl methyl sites for hydroxylation is 3. The van der Waals surface area contributed by atoms with E-state index in [2.05, 4.69) is 20.2 Å². The number of aromatic nitrogens is 4. The third-order valence-electron chi connectivity index (χ3n) is 5.45. The fraction of sp³-hybridized carbons (Fsp3) is 0.429. The summed E-state index contributed by atoms with van der Waals surface area (Å²) in [4.78, 5) is 23.8. The molecule has 0 saturated carbocycles. The second-order valence-electron chi connectivity index (χ2n) is 7.45. The van der Waals surface area contributed by atoms with Crippen LogP contribution in [0, 0.1) is 13.8 Å². The summed E-state index contributed by atoms with van der Waals surface area (Å²) >= 11 is 0. The molecule has 0 aliphatic heterocycles. The lowest BCUT2D eigenvalue weighted by atomic mass is 10.1. The van der Waals surface area contributed by atoms with E-state index in [0.717, 1.165) is 41.0 Å². The molecule has 6 nitrogen and oxygen atoms in total. The van der Waals surface area contributed by atoms with Crippen LogP contribution in [0.4, 0.5) is 0 Å². The molecule has 0 radical (unpaired) electrons. The van der Waals surface area contributed by atoms with Crippen molar-refractivity contribution in [3.8, 4) is 0 Å². The maximum absolute atomic E-state index is 12.9. The maximum atomic E-state index is 12.9.